The number of methoxy groups -OCH3 is 1. The molecule has 0 saturated heterocycles. The summed E-state index contributed by atoms with van der Waals surface area (Å²) in [7, 11) is 1.42. The van der Waals surface area contributed by atoms with Crippen LogP contribution in [0.2, 0.25) is 0 Å². The molecule has 1 heterocycles. The van der Waals surface area contributed by atoms with Gasteiger partial charge in [-0.1, -0.05) is 11.2 Å². The molecule has 0 aliphatic rings. The van der Waals surface area contributed by atoms with Crippen molar-refractivity contribution in [3.8, 4) is 11.5 Å². The molecule has 7 heteroatoms. The Bertz CT molecular complexity index is 594. The quantitative estimate of drug-likeness (QED) is 0.854. The van der Waals surface area contributed by atoms with Gasteiger partial charge >= 0.3 is 0 Å². The number of hydrogen-bond donors (Lipinski definition) is 2. The van der Waals surface area contributed by atoms with Gasteiger partial charge in [-0.3, -0.25) is 4.79 Å². The highest BCUT2D eigenvalue weighted by Crippen LogP contribution is 2.29. The molecule has 1 aromatic heterocycles. The van der Waals surface area contributed by atoms with Crippen molar-refractivity contribution in [2.75, 3.05) is 7.11 Å². The van der Waals surface area contributed by atoms with Crippen LogP contribution in [0.15, 0.2) is 22.7 Å². The van der Waals surface area contributed by atoms with Crippen LogP contribution in [0.3, 0.4) is 0 Å². The average Bonchev–Trinajstić information content (AvgIpc) is 2.82. The fourth-order valence-corrected chi connectivity index (χ4v) is 1.54. The number of rotatable bonds is 4. The maximum absolute atomic E-state index is 11.9. The number of carbonyl (C=O) groups excluding carboxylic acids is 1. The summed E-state index contributed by atoms with van der Waals surface area (Å²) in [5, 5.41) is 16.1. The van der Waals surface area contributed by atoms with Crippen LogP contribution in [-0.2, 0) is 6.54 Å². The summed E-state index contributed by atoms with van der Waals surface area (Å²) in [6.45, 7) is 1.78. The summed E-state index contributed by atoms with van der Waals surface area (Å²) in [6.07, 6.45) is 0. The molecule has 0 bridgehead atoms. The number of aromatic nitrogens is 2. The van der Waals surface area contributed by atoms with E-state index in [-0.39, 0.29) is 23.6 Å². The number of phenols is 1. The Kier molecular flexibility index (Phi) is 3.65. The number of amides is 1. The SMILES string of the molecule is COc1cccc(C(=O)NCc2noc(C)n2)c1O. The maximum Gasteiger partial charge on any atom is 0.255 e. The molecule has 2 N–H and O–H groups in total. The zero-order chi connectivity index (χ0) is 13.8. The van der Waals surface area contributed by atoms with Gasteiger partial charge in [0.2, 0.25) is 5.89 Å². The summed E-state index contributed by atoms with van der Waals surface area (Å²) in [4.78, 5) is 15.9. The Morgan fingerprint density at radius 1 is 1.53 bits per heavy atom. The number of carbonyl (C=O) groups is 1. The zero-order valence-electron chi connectivity index (χ0n) is 10.5. The van der Waals surface area contributed by atoms with Crippen molar-refractivity contribution in [3.05, 3.63) is 35.5 Å². The second-order valence-electron chi connectivity index (χ2n) is 3.77. The summed E-state index contributed by atoms with van der Waals surface area (Å²) >= 11 is 0. The van der Waals surface area contributed by atoms with Gasteiger partial charge in [0, 0.05) is 6.92 Å². The van der Waals surface area contributed by atoms with E-state index in [0.717, 1.165) is 0 Å². The van der Waals surface area contributed by atoms with E-state index in [1.165, 1.54) is 13.2 Å². The molecule has 0 saturated carbocycles. The van der Waals surface area contributed by atoms with Crippen LogP contribution in [0.5, 0.6) is 11.5 Å². The van der Waals surface area contributed by atoms with Gasteiger partial charge in [0.1, 0.15) is 0 Å². The van der Waals surface area contributed by atoms with E-state index in [0.29, 0.717) is 11.7 Å². The minimum atomic E-state index is -0.446. The molecule has 1 aromatic carbocycles. The van der Waals surface area contributed by atoms with E-state index in [9.17, 15) is 9.90 Å². The van der Waals surface area contributed by atoms with Gasteiger partial charge in [-0.2, -0.15) is 4.98 Å². The van der Waals surface area contributed by atoms with Crippen LogP contribution in [0.1, 0.15) is 22.1 Å². The van der Waals surface area contributed by atoms with Crippen molar-refractivity contribution in [2.45, 2.75) is 13.5 Å². The molecule has 1 amide bonds. The first-order valence-electron chi connectivity index (χ1n) is 5.55. The molecule has 7 nitrogen and oxygen atoms in total. The normalized spacial score (nSPS) is 10.2. The van der Waals surface area contributed by atoms with Crippen molar-refractivity contribution in [1.29, 1.82) is 0 Å². The number of ether oxygens (including phenoxy) is 1. The van der Waals surface area contributed by atoms with E-state index in [2.05, 4.69) is 15.5 Å². The monoisotopic (exact) mass is 263 g/mol. The Labute approximate surface area is 109 Å². The molecule has 0 spiro atoms. The van der Waals surface area contributed by atoms with Crippen molar-refractivity contribution in [3.63, 3.8) is 0 Å². The van der Waals surface area contributed by atoms with Crippen molar-refractivity contribution in [1.82, 2.24) is 15.5 Å². The number of aromatic hydroxyl groups is 1. The van der Waals surface area contributed by atoms with Crippen LogP contribution in [0, 0.1) is 6.92 Å². The zero-order valence-corrected chi connectivity index (χ0v) is 10.5. The fraction of sp³-hybridized carbons (Fsp3) is 0.250. The van der Waals surface area contributed by atoms with E-state index in [1.54, 1.807) is 19.1 Å². The Hall–Kier alpha value is -2.57. The maximum atomic E-state index is 11.9. The largest absolute Gasteiger partial charge is 0.504 e. The topological polar surface area (TPSA) is 97.5 Å². The predicted octanol–water partition coefficient (Wildman–Crippen LogP) is 1.02. The number of aryl methyl sites for hydroxylation is 1. The highest BCUT2D eigenvalue weighted by atomic mass is 16.5. The molecule has 100 valence electrons. The first-order chi connectivity index (χ1) is 9.11. The first-order valence-corrected chi connectivity index (χ1v) is 5.55. The van der Waals surface area contributed by atoms with Crippen LogP contribution < -0.4 is 10.1 Å². The minimum absolute atomic E-state index is 0.118. The van der Waals surface area contributed by atoms with Gasteiger partial charge in [-0.05, 0) is 12.1 Å². The third-order valence-corrected chi connectivity index (χ3v) is 2.44. The van der Waals surface area contributed by atoms with Gasteiger partial charge in [0.25, 0.3) is 5.91 Å². The standard InChI is InChI=1S/C12H13N3O4/c1-7-14-10(15-19-7)6-13-12(17)8-4-3-5-9(18-2)11(8)16/h3-5,16H,6H2,1-2H3,(H,13,17). The highest BCUT2D eigenvalue weighted by molar-refractivity contribution is 5.97. The molecular weight excluding hydrogens is 250 g/mol. The van der Waals surface area contributed by atoms with Gasteiger partial charge in [-0.25, -0.2) is 0 Å². The summed E-state index contributed by atoms with van der Waals surface area (Å²) in [5.74, 6) is 0.385. The van der Waals surface area contributed by atoms with E-state index < -0.39 is 5.91 Å². The Balaban J connectivity index is 2.08. The molecule has 0 aliphatic carbocycles. The summed E-state index contributed by atoms with van der Waals surface area (Å²) < 4.78 is 9.71. The number of phenolic OH excluding ortho intramolecular Hbond substituents is 1. The number of benzene rings is 1. The molecular formula is C12H13N3O4. The van der Waals surface area contributed by atoms with Crippen molar-refractivity contribution in [2.24, 2.45) is 0 Å². The van der Waals surface area contributed by atoms with Crippen LogP contribution in [-0.4, -0.2) is 28.3 Å². The van der Waals surface area contributed by atoms with E-state index >= 15 is 0 Å². The molecule has 2 aromatic rings. The van der Waals surface area contributed by atoms with Crippen LogP contribution in [0.4, 0.5) is 0 Å². The average molecular weight is 263 g/mol. The van der Waals surface area contributed by atoms with Crippen LogP contribution in [0.25, 0.3) is 0 Å². The lowest BCUT2D eigenvalue weighted by Gasteiger charge is -2.08. The van der Waals surface area contributed by atoms with Gasteiger partial charge in [0.15, 0.2) is 17.3 Å². The molecule has 0 radical (unpaired) electrons. The lowest BCUT2D eigenvalue weighted by molar-refractivity contribution is 0.0946. The summed E-state index contributed by atoms with van der Waals surface area (Å²) in [5.41, 5.74) is 0.125. The molecule has 19 heavy (non-hydrogen) atoms. The summed E-state index contributed by atoms with van der Waals surface area (Å²) in [6, 6.07) is 4.68. The van der Waals surface area contributed by atoms with Gasteiger partial charge in [-0.15, -0.1) is 0 Å². The Morgan fingerprint density at radius 2 is 2.32 bits per heavy atom. The lowest BCUT2D eigenvalue weighted by Crippen LogP contribution is -2.23. The van der Waals surface area contributed by atoms with Crippen molar-refractivity contribution >= 4 is 5.91 Å². The fourth-order valence-electron chi connectivity index (χ4n) is 1.54. The number of nitrogens with zero attached hydrogens (tertiary/aromatic N) is 2. The third kappa shape index (κ3) is 2.82. The Morgan fingerprint density at radius 3 is 2.95 bits per heavy atom. The molecule has 0 atom stereocenters. The second kappa shape index (κ2) is 5.38. The number of hydrogen-bond acceptors (Lipinski definition) is 6. The molecule has 0 unspecified atom stereocenters. The first kappa shape index (κ1) is 12.9. The van der Waals surface area contributed by atoms with Crippen molar-refractivity contribution < 1.29 is 19.2 Å². The van der Waals surface area contributed by atoms with E-state index in [4.69, 9.17) is 9.26 Å². The third-order valence-electron chi connectivity index (χ3n) is 2.44. The van der Waals surface area contributed by atoms with E-state index in [1.807, 2.05) is 0 Å². The minimum Gasteiger partial charge on any atom is -0.504 e. The van der Waals surface area contributed by atoms with Gasteiger partial charge in [0.05, 0.1) is 19.2 Å². The smallest absolute Gasteiger partial charge is 0.255 e. The number of para-hydroxylation sites is 1. The van der Waals surface area contributed by atoms with Crippen LogP contribution >= 0.6 is 0 Å². The molecule has 0 fully saturated rings. The highest BCUT2D eigenvalue weighted by Gasteiger charge is 2.15. The number of nitrogens with one attached hydrogen (secondary N) is 1. The predicted molar refractivity (Wildman–Crippen MR) is 64.9 cm³/mol. The second-order valence-corrected chi connectivity index (χ2v) is 3.77. The van der Waals surface area contributed by atoms with Gasteiger partial charge < -0.3 is 19.7 Å². The molecule has 0 aliphatic heterocycles. The lowest BCUT2D eigenvalue weighted by atomic mass is 10.1. The molecule has 2 rings (SSSR count).